The van der Waals surface area contributed by atoms with Crippen LogP contribution in [0.4, 0.5) is 0 Å². The van der Waals surface area contributed by atoms with Crippen molar-refractivity contribution in [2.75, 3.05) is 6.26 Å². The van der Waals surface area contributed by atoms with Crippen LogP contribution >= 0.6 is 27.7 Å². The molecular weight excluding hydrogens is 248 g/mol. The Hall–Kier alpha value is -0.540. The van der Waals surface area contributed by atoms with Gasteiger partial charge in [0.15, 0.2) is 0 Å². The van der Waals surface area contributed by atoms with Crippen LogP contribution in [0.3, 0.4) is 0 Å². The summed E-state index contributed by atoms with van der Waals surface area (Å²) in [4.78, 5) is 11.4. The van der Waals surface area contributed by atoms with Crippen molar-refractivity contribution in [3.63, 3.8) is 0 Å². The monoisotopic (exact) mass is 256 g/mol. The smallest absolute Gasteiger partial charge is 0.143 e. The first-order valence-electron chi connectivity index (χ1n) is 3.73. The first-order valence-corrected chi connectivity index (χ1v) is 5.75. The molecule has 0 fully saturated rings. The van der Waals surface area contributed by atoms with E-state index >= 15 is 0 Å². The molecule has 0 aliphatic carbocycles. The van der Waals surface area contributed by atoms with Crippen LogP contribution in [-0.4, -0.2) is 12.5 Å². The van der Waals surface area contributed by atoms with Crippen molar-refractivity contribution < 1.29 is 4.79 Å². The van der Waals surface area contributed by atoms with E-state index in [1.165, 1.54) is 11.0 Å². The van der Waals surface area contributed by atoms with Gasteiger partial charge in [-0.2, -0.15) is 0 Å². The maximum atomic E-state index is 10.2. The second kappa shape index (κ2) is 5.25. The summed E-state index contributed by atoms with van der Waals surface area (Å²) < 4.78 is 0.815. The van der Waals surface area contributed by atoms with Crippen LogP contribution in [0, 0.1) is 0 Å². The lowest BCUT2D eigenvalue weighted by Gasteiger charge is -1.99. The highest BCUT2D eigenvalue weighted by atomic mass is 79.9. The summed E-state index contributed by atoms with van der Waals surface area (Å²) in [6.45, 7) is 0. The molecule has 13 heavy (non-hydrogen) atoms. The number of hydrogen-bond acceptors (Lipinski definition) is 2. The Balaban J connectivity index is 2.91. The number of allylic oxidation sites excluding steroid dienone is 1. The summed E-state index contributed by atoms with van der Waals surface area (Å²) in [6, 6.07) is 8.02. The summed E-state index contributed by atoms with van der Waals surface area (Å²) in [7, 11) is 0. The highest BCUT2D eigenvalue weighted by Gasteiger charge is 1.96. The fourth-order valence-corrected chi connectivity index (χ4v) is 1.69. The molecule has 0 N–H and O–H groups in total. The lowest BCUT2D eigenvalue weighted by Crippen LogP contribution is -1.77. The molecule has 0 spiro atoms. The summed E-state index contributed by atoms with van der Waals surface area (Å²) >= 11 is 5.01. The van der Waals surface area contributed by atoms with Crippen LogP contribution in [0.15, 0.2) is 35.2 Å². The van der Waals surface area contributed by atoms with Gasteiger partial charge < -0.3 is 0 Å². The molecule has 0 bridgehead atoms. The van der Waals surface area contributed by atoms with E-state index in [1.54, 1.807) is 11.8 Å². The summed E-state index contributed by atoms with van der Waals surface area (Å²) in [6.07, 6.45) is 4.30. The van der Waals surface area contributed by atoms with E-state index in [4.69, 9.17) is 0 Å². The van der Waals surface area contributed by atoms with Crippen molar-refractivity contribution in [2.24, 2.45) is 0 Å². The Morgan fingerprint density at radius 3 is 2.46 bits per heavy atom. The fourth-order valence-electron chi connectivity index (χ4n) is 0.906. The number of thioether (sulfide) groups is 1. The first kappa shape index (κ1) is 10.5. The number of aldehydes is 1. The van der Waals surface area contributed by atoms with E-state index < -0.39 is 0 Å². The Bertz CT molecular complexity index is 316. The number of benzene rings is 1. The fraction of sp³-hybridized carbons (Fsp3) is 0.100. The quantitative estimate of drug-likeness (QED) is 0.469. The third kappa shape index (κ3) is 3.01. The van der Waals surface area contributed by atoms with Gasteiger partial charge in [-0.3, -0.25) is 4.79 Å². The van der Waals surface area contributed by atoms with Crippen molar-refractivity contribution in [1.29, 1.82) is 0 Å². The van der Waals surface area contributed by atoms with Gasteiger partial charge in [-0.05, 0) is 30.0 Å². The standard InChI is InChI=1S/C10H9BrOS/c1-13-9-4-2-8(3-5-9)10(11)6-7-12/h2-7H,1H3/b10-6-. The molecule has 68 valence electrons. The largest absolute Gasteiger partial charge is 0.299 e. The maximum Gasteiger partial charge on any atom is 0.143 e. The van der Waals surface area contributed by atoms with Gasteiger partial charge in [0, 0.05) is 9.38 Å². The lowest BCUT2D eigenvalue weighted by molar-refractivity contribution is -0.104. The molecule has 1 aromatic rings. The number of carbonyl (C=O) groups is 1. The maximum absolute atomic E-state index is 10.2. The minimum atomic E-state index is 0.770. The van der Waals surface area contributed by atoms with Gasteiger partial charge in [0.25, 0.3) is 0 Å². The zero-order valence-electron chi connectivity index (χ0n) is 7.16. The molecule has 0 radical (unpaired) electrons. The molecule has 0 atom stereocenters. The van der Waals surface area contributed by atoms with Crippen molar-refractivity contribution in [3.8, 4) is 0 Å². The van der Waals surface area contributed by atoms with E-state index in [0.717, 1.165) is 16.3 Å². The molecule has 0 unspecified atom stereocenters. The summed E-state index contributed by atoms with van der Waals surface area (Å²) in [5.41, 5.74) is 1.02. The highest BCUT2D eigenvalue weighted by Crippen LogP contribution is 2.23. The normalized spacial score (nSPS) is 11.4. The zero-order chi connectivity index (χ0) is 9.68. The third-order valence-electron chi connectivity index (χ3n) is 1.58. The van der Waals surface area contributed by atoms with E-state index in [-0.39, 0.29) is 0 Å². The van der Waals surface area contributed by atoms with E-state index in [1.807, 2.05) is 30.5 Å². The van der Waals surface area contributed by atoms with Gasteiger partial charge in [0.1, 0.15) is 6.29 Å². The average molecular weight is 257 g/mol. The van der Waals surface area contributed by atoms with E-state index in [9.17, 15) is 4.79 Å². The molecule has 3 heteroatoms. The van der Waals surface area contributed by atoms with Crippen LogP contribution in [0.5, 0.6) is 0 Å². The highest BCUT2D eigenvalue weighted by molar-refractivity contribution is 9.15. The molecule has 1 rings (SSSR count). The molecule has 0 aliphatic heterocycles. The van der Waals surface area contributed by atoms with Crippen molar-refractivity contribution in [2.45, 2.75) is 4.90 Å². The van der Waals surface area contributed by atoms with Crippen molar-refractivity contribution >= 4 is 38.5 Å². The van der Waals surface area contributed by atoms with Crippen LogP contribution in [0.2, 0.25) is 0 Å². The van der Waals surface area contributed by atoms with Crippen LogP contribution in [0.1, 0.15) is 5.56 Å². The first-order chi connectivity index (χ1) is 6.27. The number of halogens is 1. The third-order valence-corrected chi connectivity index (χ3v) is 3.05. The van der Waals surface area contributed by atoms with Gasteiger partial charge in [0.2, 0.25) is 0 Å². The van der Waals surface area contributed by atoms with Gasteiger partial charge in [0.05, 0.1) is 0 Å². The van der Waals surface area contributed by atoms with Crippen molar-refractivity contribution in [3.05, 3.63) is 35.9 Å². The average Bonchev–Trinajstić information content (AvgIpc) is 2.18. The van der Waals surface area contributed by atoms with Crippen LogP contribution < -0.4 is 0 Å². The topological polar surface area (TPSA) is 17.1 Å². The molecule has 0 aliphatic rings. The molecule has 1 aromatic carbocycles. The number of hydrogen-bond donors (Lipinski definition) is 0. The summed E-state index contributed by atoms with van der Waals surface area (Å²) in [5, 5.41) is 0. The summed E-state index contributed by atoms with van der Waals surface area (Å²) in [5.74, 6) is 0. The SMILES string of the molecule is CSc1ccc(/C(Br)=C/C=O)cc1. The molecular formula is C10H9BrOS. The Morgan fingerprint density at radius 1 is 1.38 bits per heavy atom. The molecule has 1 nitrogen and oxygen atoms in total. The number of rotatable bonds is 3. The second-order valence-electron chi connectivity index (χ2n) is 2.38. The van der Waals surface area contributed by atoms with Crippen LogP contribution in [-0.2, 0) is 4.79 Å². The molecule has 0 amide bonds. The molecule has 0 aromatic heterocycles. The number of carbonyl (C=O) groups excluding carboxylic acids is 1. The van der Waals surface area contributed by atoms with E-state index in [2.05, 4.69) is 15.9 Å². The van der Waals surface area contributed by atoms with Gasteiger partial charge in [-0.1, -0.05) is 28.1 Å². The Morgan fingerprint density at radius 2 is 2.00 bits per heavy atom. The minimum Gasteiger partial charge on any atom is -0.299 e. The second-order valence-corrected chi connectivity index (χ2v) is 4.11. The Kier molecular flexibility index (Phi) is 4.25. The lowest BCUT2D eigenvalue weighted by atomic mass is 10.2. The molecule has 0 saturated carbocycles. The predicted octanol–water partition coefficient (Wildman–Crippen LogP) is 3.34. The van der Waals surface area contributed by atoms with Gasteiger partial charge in [-0.15, -0.1) is 11.8 Å². The zero-order valence-corrected chi connectivity index (χ0v) is 9.56. The van der Waals surface area contributed by atoms with Crippen LogP contribution in [0.25, 0.3) is 4.48 Å². The van der Waals surface area contributed by atoms with E-state index in [0.29, 0.717) is 0 Å². The Labute approximate surface area is 90.4 Å². The molecule has 0 saturated heterocycles. The molecule has 0 heterocycles. The van der Waals surface area contributed by atoms with Crippen molar-refractivity contribution in [1.82, 2.24) is 0 Å². The van der Waals surface area contributed by atoms with Gasteiger partial charge in [-0.25, -0.2) is 0 Å². The predicted molar refractivity (Wildman–Crippen MR) is 61.2 cm³/mol. The minimum absolute atomic E-state index is 0.770. The van der Waals surface area contributed by atoms with Gasteiger partial charge >= 0.3 is 0 Å².